The number of non-ortho nitro benzene ring substituents is 1. The maximum absolute atomic E-state index is 13.6. The van der Waals surface area contributed by atoms with Gasteiger partial charge in [-0.15, -0.1) is 0 Å². The predicted octanol–water partition coefficient (Wildman–Crippen LogP) is 4.31. The molecule has 9 heteroatoms. The summed E-state index contributed by atoms with van der Waals surface area (Å²) in [6, 6.07) is 19.5. The molecule has 172 valence electrons. The highest BCUT2D eigenvalue weighted by Gasteiger charge is 2.27. The lowest BCUT2D eigenvalue weighted by molar-refractivity contribution is -0.384. The molecular formula is C25H23N5O4. The average Bonchev–Trinajstić information content (AvgIpc) is 3.54. The smallest absolute Gasteiger partial charge is 0.272 e. The number of hydrogen-bond donors (Lipinski definition) is 0. The van der Waals surface area contributed by atoms with Crippen molar-refractivity contribution in [1.82, 2.24) is 14.7 Å². The first kappa shape index (κ1) is 21.4. The van der Waals surface area contributed by atoms with Crippen molar-refractivity contribution in [3.8, 4) is 17.1 Å². The molecule has 0 saturated carbocycles. The average molecular weight is 457 g/mol. The number of aryl methyl sites for hydroxylation is 1. The second-order valence-corrected chi connectivity index (χ2v) is 8.15. The van der Waals surface area contributed by atoms with Crippen molar-refractivity contribution in [3.63, 3.8) is 0 Å². The van der Waals surface area contributed by atoms with E-state index in [1.54, 1.807) is 35.2 Å². The minimum Gasteiger partial charge on any atom is -0.463 e. The largest absolute Gasteiger partial charge is 0.463 e. The molecule has 0 radical (unpaired) electrons. The fourth-order valence-corrected chi connectivity index (χ4v) is 4.24. The molecular weight excluding hydrogens is 434 g/mol. The van der Waals surface area contributed by atoms with Crippen LogP contribution in [0.25, 0.3) is 17.1 Å². The van der Waals surface area contributed by atoms with E-state index in [2.05, 4.69) is 29.1 Å². The van der Waals surface area contributed by atoms with Gasteiger partial charge < -0.3 is 14.2 Å². The molecule has 1 saturated heterocycles. The first-order valence-corrected chi connectivity index (χ1v) is 11.0. The van der Waals surface area contributed by atoms with Crippen LogP contribution in [0, 0.1) is 17.0 Å². The summed E-state index contributed by atoms with van der Waals surface area (Å²) in [5, 5.41) is 15.9. The molecule has 0 bridgehead atoms. The van der Waals surface area contributed by atoms with Gasteiger partial charge in [-0.3, -0.25) is 14.9 Å². The number of carbonyl (C=O) groups is 1. The topological polar surface area (TPSA) is 97.7 Å². The molecule has 34 heavy (non-hydrogen) atoms. The van der Waals surface area contributed by atoms with Crippen LogP contribution in [0.2, 0.25) is 0 Å². The number of nitro benzene ring substituents is 1. The van der Waals surface area contributed by atoms with Crippen molar-refractivity contribution in [2.75, 3.05) is 31.1 Å². The van der Waals surface area contributed by atoms with Crippen LogP contribution in [-0.2, 0) is 0 Å². The van der Waals surface area contributed by atoms with E-state index in [1.807, 2.05) is 12.1 Å². The Balaban J connectivity index is 1.45. The van der Waals surface area contributed by atoms with Crippen LogP contribution in [0.1, 0.15) is 16.1 Å². The number of aromatic nitrogens is 2. The third kappa shape index (κ3) is 4.03. The predicted molar refractivity (Wildman–Crippen MR) is 127 cm³/mol. The zero-order valence-electron chi connectivity index (χ0n) is 18.6. The van der Waals surface area contributed by atoms with Crippen LogP contribution >= 0.6 is 0 Å². The van der Waals surface area contributed by atoms with Gasteiger partial charge in [-0.05, 0) is 36.8 Å². The molecule has 0 unspecified atom stereocenters. The molecule has 2 aromatic carbocycles. The number of piperazine rings is 1. The van der Waals surface area contributed by atoms with E-state index < -0.39 is 4.92 Å². The maximum Gasteiger partial charge on any atom is 0.272 e. The first-order valence-electron chi connectivity index (χ1n) is 11.0. The van der Waals surface area contributed by atoms with Gasteiger partial charge in [0, 0.05) is 50.1 Å². The summed E-state index contributed by atoms with van der Waals surface area (Å²) in [5.41, 5.74) is 3.56. The van der Waals surface area contributed by atoms with Crippen molar-refractivity contribution < 1.29 is 14.1 Å². The number of rotatable bonds is 5. The molecule has 1 aliphatic heterocycles. The number of benzene rings is 2. The summed E-state index contributed by atoms with van der Waals surface area (Å²) in [5.74, 6) is 0.337. The van der Waals surface area contributed by atoms with Crippen LogP contribution in [-0.4, -0.2) is 51.7 Å². The van der Waals surface area contributed by atoms with Crippen LogP contribution in [0.4, 0.5) is 11.4 Å². The Hall–Kier alpha value is -4.40. The zero-order chi connectivity index (χ0) is 23.7. The molecule has 2 aromatic heterocycles. The van der Waals surface area contributed by atoms with Crippen molar-refractivity contribution in [2.24, 2.45) is 0 Å². The van der Waals surface area contributed by atoms with Crippen LogP contribution in [0.5, 0.6) is 0 Å². The summed E-state index contributed by atoms with van der Waals surface area (Å²) in [6.07, 6.45) is 1.54. The Morgan fingerprint density at radius 2 is 1.79 bits per heavy atom. The third-order valence-corrected chi connectivity index (χ3v) is 6.01. The lowest BCUT2D eigenvalue weighted by Gasteiger charge is -2.36. The van der Waals surface area contributed by atoms with E-state index in [4.69, 9.17) is 4.42 Å². The van der Waals surface area contributed by atoms with Crippen molar-refractivity contribution in [1.29, 1.82) is 0 Å². The molecule has 1 aliphatic rings. The number of para-hydroxylation sites is 1. The Kier molecular flexibility index (Phi) is 5.59. The molecule has 4 aromatic rings. The standard InChI is InChI=1S/C25H23N5O4/c1-18-6-2-3-9-22(18)27-11-13-28(14-12-27)25(31)23-17-21(24-10-5-15-34-24)26-29(23)19-7-4-8-20(16-19)30(32)33/h2-10,15-17H,11-14H2,1H3. The van der Waals surface area contributed by atoms with E-state index >= 15 is 0 Å². The SMILES string of the molecule is Cc1ccccc1N1CCN(C(=O)c2cc(-c3ccco3)nn2-c2cccc([N+](=O)[O-])c2)CC1. The summed E-state index contributed by atoms with van der Waals surface area (Å²) in [7, 11) is 0. The Bertz CT molecular complexity index is 1340. The van der Waals surface area contributed by atoms with Gasteiger partial charge in [-0.1, -0.05) is 24.3 Å². The maximum atomic E-state index is 13.6. The highest BCUT2D eigenvalue weighted by molar-refractivity contribution is 5.94. The van der Waals surface area contributed by atoms with Gasteiger partial charge >= 0.3 is 0 Å². The molecule has 1 amide bonds. The molecule has 1 fully saturated rings. The summed E-state index contributed by atoms with van der Waals surface area (Å²) in [4.78, 5) is 28.5. The van der Waals surface area contributed by atoms with Gasteiger partial charge in [0.25, 0.3) is 11.6 Å². The number of furan rings is 1. The van der Waals surface area contributed by atoms with E-state index in [0.717, 1.165) is 0 Å². The highest BCUT2D eigenvalue weighted by Crippen LogP contribution is 2.26. The van der Waals surface area contributed by atoms with E-state index in [-0.39, 0.29) is 11.6 Å². The molecule has 5 rings (SSSR count). The first-order chi connectivity index (χ1) is 16.5. The number of nitrogens with zero attached hydrogens (tertiary/aromatic N) is 5. The zero-order valence-corrected chi connectivity index (χ0v) is 18.6. The molecule has 9 nitrogen and oxygen atoms in total. The number of nitro groups is 1. The number of hydrogen-bond acceptors (Lipinski definition) is 6. The molecule has 0 atom stereocenters. The monoisotopic (exact) mass is 457 g/mol. The van der Waals surface area contributed by atoms with E-state index in [9.17, 15) is 14.9 Å². The summed E-state index contributed by atoms with van der Waals surface area (Å²) in [6.45, 7) is 4.63. The van der Waals surface area contributed by atoms with Crippen molar-refractivity contribution in [2.45, 2.75) is 6.92 Å². The third-order valence-electron chi connectivity index (χ3n) is 6.01. The van der Waals surface area contributed by atoms with Gasteiger partial charge in [0.2, 0.25) is 0 Å². The lowest BCUT2D eigenvalue weighted by Crippen LogP contribution is -2.49. The Labute approximate surface area is 196 Å². The van der Waals surface area contributed by atoms with E-state index in [0.29, 0.717) is 49.0 Å². The van der Waals surface area contributed by atoms with Gasteiger partial charge in [0.05, 0.1) is 16.9 Å². The Morgan fingerprint density at radius 1 is 1.00 bits per heavy atom. The Morgan fingerprint density at radius 3 is 2.50 bits per heavy atom. The van der Waals surface area contributed by atoms with Gasteiger partial charge in [0.15, 0.2) is 5.76 Å². The fraction of sp³-hybridized carbons (Fsp3) is 0.200. The second-order valence-electron chi connectivity index (χ2n) is 8.15. The van der Waals surface area contributed by atoms with Crippen molar-refractivity contribution >= 4 is 17.3 Å². The lowest BCUT2D eigenvalue weighted by atomic mass is 10.1. The quantitative estimate of drug-likeness (QED) is 0.327. The minimum absolute atomic E-state index is 0.0715. The molecule has 3 heterocycles. The highest BCUT2D eigenvalue weighted by atomic mass is 16.6. The van der Waals surface area contributed by atoms with Gasteiger partial charge in [-0.25, -0.2) is 4.68 Å². The van der Waals surface area contributed by atoms with E-state index in [1.165, 1.54) is 34.3 Å². The molecule has 0 spiro atoms. The second kappa shape index (κ2) is 8.86. The normalized spacial score (nSPS) is 13.8. The van der Waals surface area contributed by atoms with Crippen molar-refractivity contribution in [3.05, 3.63) is 94.4 Å². The number of anilines is 1. The van der Waals surface area contributed by atoms with Crippen LogP contribution in [0.3, 0.4) is 0 Å². The summed E-state index contributed by atoms with van der Waals surface area (Å²) < 4.78 is 6.93. The van der Waals surface area contributed by atoms with Gasteiger partial charge in [-0.2, -0.15) is 5.10 Å². The summed E-state index contributed by atoms with van der Waals surface area (Å²) >= 11 is 0. The van der Waals surface area contributed by atoms with Gasteiger partial charge in [0.1, 0.15) is 11.4 Å². The van der Waals surface area contributed by atoms with Crippen LogP contribution in [0.15, 0.2) is 77.4 Å². The minimum atomic E-state index is -0.466. The number of amides is 1. The number of carbonyl (C=O) groups excluding carboxylic acids is 1. The van der Waals surface area contributed by atoms with Crippen LogP contribution < -0.4 is 4.90 Å². The molecule has 0 N–H and O–H groups in total. The fourth-order valence-electron chi connectivity index (χ4n) is 4.24. The molecule has 0 aliphatic carbocycles.